The van der Waals surface area contributed by atoms with E-state index in [-0.39, 0.29) is 12.5 Å². The molecule has 0 saturated heterocycles. The molecule has 0 spiro atoms. The molecule has 0 saturated carbocycles. The van der Waals surface area contributed by atoms with Gasteiger partial charge < -0.3 is 15.2 Å². The fraction of sp³-hybridized carbons (Fsp3) is 0.278. The molecule has 2 N–H and O–H groups in total. The van der Waals surface area contributed by atoms with Gasteiger partial charge in [0.05, 0.1) is 19.0 Å². The summed E-state index contributed by atoms with van der Waals surface area (Å²) in [5, 5.41) is 13.5. The first-order valence-corrected chi connectivity index (χ1v) is 9.02. The van der Waals surface area contributed by atoms with Crippen LogP contribution in [0.25, 0.3) is 0 Å². The van der Waals surface area contributed by atoms with Gasteiger partial charge in [-0.1, -0.05) is 35.9 Å². The number of benzene rings is 2. The number of nitrogens with one attached hydrogen (secondary N) is 1. The van der Waals surface area contributed by atoms with Crippen molar-refractivity contribution in [2.75, 3.05) is 19.4 Å². The Labute approximate surface area is 151 Å². The Bertz CT molecular complexity index is 646. The number of aliphatic hydroxyl groups is 1. The van der Waals surface area contributed by atoms with Crippen molar-refractivity contribution in [3.05, 3.63) is 64.7 Å². The van der Waals surface area contributed by atoms with Crippen molar-refractivity contribution < 1.29 is 14.6 Å². The van der Waals surface area contributed by atoms with Crippen molar-refractivity contribution in [1.82, 2.24) is 5.32 Å². The lowest BCUT2D eigenvalue weighted by molar-refractivity contribution is -0.119. The highest BCUT2D eigenvalue weighted by atomic mass is 35.5. The first kappa shape index (κ1) is 18.6. The number of hydrogen-bond acceptors (Lipinski definition) is 4. The minimum Gasteiger partial charge on any atom is -0.497 e. The molecular formula is C18H20ClNO3S. The monoisotopic (exact) mass is 365 g/mol. The highest BCUT2D eigenvalue weighted by Gasteiger charge is 2.10. The summed E-state index contributed by atoms with van der Waals surface area (Å²) in [5.74, 6) is 1.72. The molecule has 0 aliphatic rings. The maximum atomic E-state index is 11.8. The van der Waals surface area contributed by atoms with Gasteiger partial charge in [-0.15, -0.1) is 11.8 Å². The maximum Gasteiger partial charge on any atom is 0.230 e. The zero-order valence-electron chi connectivity index (χ0n) is 13.4. The lowest BCUT2D eigenvalue weighted by Crippen LogP contribution is -2.29. The fourth-order valence-electron chi connectivity index (χ4n) is 2.05. The molecule has 0 radical (unpaired) electrons. The standard InChI is InChI=1S/C18H20ClNO3S/c1-23-16-8-4-14(5-9-16)17(21)10-20-18(22)12-24-11-13-2-6-15(19)7-3-13/h2-9,17,21H,10-12H2,1H3,(H,20,22). The van der Waals surface area contributed by atoms with Crippen molar-refractivity contribution in [2.24, 2.45) is 0 Å². The molecule has 0 aliphatic heterocycles. The van der Waals surface area contributed by atoms with E-state index in [1.54, 1.807) is 31.4 Å². The molecule has 0 heterocycles. The second kappa shape index (κ2) is 9.57. The third kappa shape index (κ3) is 6.07. The zero-order chi connectivity index (χ0) is 17.4. The second-order valence-corrected chi connectivity index (χ2v) is 6.63. The van der Waals surface area contributed by atoms with Gasteiger partial charge in [0, 0.05) is 17.3 Å². The summed E-state index contributed by atoms with van der Waals surface area (Å²) in [6.45, 7) is 0.187. The predicted octanol–water partition coefficient (Wildman–Crippen LogP) is 3.43. The molecule has 6 heteroatoms. The number of carbonyl (C=O) groups is 1. The lowest BCUT2D eigenvalue weighted by Gasteiger charge is -2.12. The summed E-state index contributed by atoms with van der Waals surface area (Å²) < 4.78 is 5.07. The summed E-state index contributed by atoms with van der Waals surface area (Å²) in [6.07, 6.45) is -0.735. The molecule has 0 aromatic heterocycles. The van der Waals surface area contributed by atoms with Gasteiger partial charge in [0.1, 0.15) is 5.75 Å². The van der Waals surface area contributed by atoms with E-state index in [1.807, 2.05) is 24.3 Å². The lowest BCUT2D eigenvalue weighted by atomic mass is 10.1. The van der Waals surface area contributed by atoms with Crippen LogP contribution in [0.3, 0.4) is 0 Å². The molecule has 1 amide bonds. The summed E-state index contributed by atoms with van der Waals surface area (Å²) >= 11 is 7.35. The highest BCUT2D eigenvalue weighted by molar-refractivity contribution is 7.99. The molecule has 128 valence electrons. The molecule has 2 rings (SSSR count). The molecule has 0 bridgehead atoms. The van der Waals surface area contributed by atoms with Crippen molar-refractivity contribution >= 4 is 29.3 Å². The smallest absolute Gasteiger partial charge is 0.230 e. The zero-order valence-corrected chi connectivity index (χ0v) is 14.9. The Kier molecular flexibility index (Phi) is 7.43. The number of amides is 1. The van der Waals surface area contributed by atoms with Crippen molar-refractivity contribution in [2.45, 2.75) is 11.9 Å². The van der Waals surface area contributed by atoms with Crippen LogP contribution >= 0.6 is 23.4 Å². The van der Waals surface area contributed by atoms with Crippen molar-refractivity contribution in [3.63, 3.8) is 0 Å². The number of hydrogen-bond donors (Lipinski definition) is 2. The Morgan fingerprint density at radius 2 is 1.88 bits per heavy atom. The van der Waals surface area contributed by atoms with Crippen molar-refractivity contribution in [3.8, 4) is 5.75 Å². The minimum atomic E-state index is -0.735. The van der Waals surface area contributed by atoms with Crippen LogP contribution in [0.4, 0.5) is 0 Å². The van der Waals surface area contributed by atoms with Crippen LogP contribution in [-0.2, 0) is 10.5 Å². The molecule has 1 unspecified atom stereocenters. The van der Waals surface area contributed by atoms with E-state index in [0.29, 0.717) is 10.8 Å². The van der Waals surface area contributed by atoms with E-state index in [0.717, 1.165) is 22.6 Å². The third-order valence-electron chi connectivity index (χ3n) is 3.41. The van der Waals surface area contributed by atoms with Crippen LogP contribution < -0.4 is 10.1 Å². The minimum absolute atomic E-state index is 0.0958. The molecule has 2 aromatic rings. The van der Waals surface area contributed by atoms with E-state index in [9.17, 15) is 9.90 Å². The van der Waals surface area contributed by atoms with E-state index in [4.69, 9.17) is 16.3 Å². The first-order valence-electron chi connectivity index (χ1n) is 7.49. The Morgan fingerprint density at radius 3 is 2.50 bits per heavy atom. The Morgan fingerprint density at radius 1 is 1.21 bits per heavy atom. The average Bonchev–Trinajstić information content (AvgIpc) is 2.61. The number of halogens is 1. The van der Waals surface area contributed by atoms with Gasteiger partial charge in [0.15, 0.2) is 0 Å². The number of aliphatic hydroxyl groups excluding tert-OH is 1. The van der Waals surface area contributed by atoms with Crippen molar-refractivity contribution in [1.29, 1.82) is 0 Å². The van der Waals surface area contributed by atoms with Crippen LogP contribution in [0.15, 0.2) is 48.5 Å². The summed E-state index contributed by atoms with van der Waals surface area (Å²) in [5.41, 5.74) is 1.86. The van der Waals surface area contributed by atoms with Crippen LogP contribution in [0.1, 0.15) is 17.2 Å². The van der Waals surface area contributed by atoms with Gasteiger partial charge in [0.25, 0.3) is 0 Å². The first-order chi connectivity index (χ1) is 11.6. The maximum absolute atomic E-state index is 11.8. The number of thioether (sulfide) groups is 1. The van der Waals surface area contributed by atoms with Crippen LogP contribution in [-0.4, -0.2) is 30.4 Å². The van der Waals surface area contributed by atoms with Gasteiger partial charge in [-0.05, 0) is 35.4 Å². The number of ether oxygens (including phenoxy) is 1. The number of carbonyl (C=O) groups excluding carboxylic acids is 1. The van der Waals surface area contributed by atoms with Gasteiger partial charge >= 0.3 is 0 Å². The van der Waals surface area contributed by atoms with Gasteiger partial charge in [-0.3, -0.25) is 4.79 Å². The normalized spacial score (nSPS) is 11.8. The predicted molar refractivity (Wildman–Crippen MR) is 98.6 cm³/mol. The SMILES string of the molecule is COc1ccc(C(O)CNC(=O)CSCc2ccc(Cl)cc2)cc1. The molecule has 0 aliphatic carbocycles. The van der Waals surface area contributed by atoms with Crippen LogP contribution in [0.5, 0.6) is 5.75 Å². The highest BCUT2D eigenvalue weighted by Crippen LogP contribution is 2.17. The van der Waals surface area contributed by atoms with E-state index >= 15 is 0 Å². The molecule has 4 nitrogen and oxygen atoms in total. The van der Waals surface area contributed by atoms with E-state index in [2.05, 4.69) is 5.32 Å². The molecule has 0 fully saturated rings. The Hall–Kier alpha value is -1.69. The number of rotatable bonds is 8. The second-order valence-electron chi connectivity index (χ2n) is 5.21. The average molecular weight is 366 g/mol. The topological polar surface area (TPSA) is 58.6 Å². The van der Waals surface area contributed by atoms with Gasteiger partial charge in [-0.2, -0.15) is 0 Å². The largest absolute Gasteiger partial charge is 0.497 e. The van der Waals surface area contributed by atoms with Crippen LogP contribution in [0.2, 0.25) is 5.02 Å². The third-order valence-corrected chi connectivity index (χ3v) is 4.66. The number of methoxy groups -OCH3 is 1. The quantitative estimate of drug-likeness (QED) is 0.752. The van der Waals surface area contributed by atoms with Gasteiger partial charge in [-0.25, -0.2) is 0 Å². The molecule has 2 aromatic carbocycles. The van der Waals surface area contributed by atoms with Crippen LogP contribution in [0, 0.1) is 0 Å². The van der Waals surface area contributed by atoms with E-state index in [1.165, 1.54) is 11.8 Å². The van der Waals surface area contributed by atoms with E-state index < -0.39 is 6.10 Å². The summed E-state index contributed by atoms with van der Waals surface area (Å²) in [4.78, 5) is 11.8. The fourth-order valence-corrected chi connectivity index (χ4v) is 2.99. The molecule has 24 heavy (non-hydrogen) atoms. The Balaban J connectivity index is 1.69. The summed E-state index contributed by atoms with van der Waals surface area (Å²) in [6, 6.07) is 14.7. The molecular weight excluding hydrogens is 346 g/mol. The summed E-state index contributed by atoms with van der Waals surface area (Å²) in [7, 11) is 1.59. The molecule has 1 atom stereocenters. The van der Waals surface area contributed by atoms with Gasteiger partial charge in [0.2, 0.25) is 5.91 Å².